The molecular weight excluding hydrogens is 416 g/mol. The highest BCUT2D eigenvalue weighted by atomic mass is 32.2. The van der Waals surface area contributed by atoms with Crippen LogP contribution in [0.1, 0.15) is 51.1 Å². The van der Waals surface area contributed by atoms with Gasteiger partial charge in [-0.2, -0.15) is 11.8 Å². The van der Waals surface area contributed by atoms with Crippen LogP contribution >= 0.6 is 23.1 Å². The van der Waals surface area contributed by atoms with E-state index in [-0.39, 0.29) is 17.5 Å². The molecule has 0 spiro atoms. The lowest BCUT2D eigenvalue weighted by atomic mass is 9.99. The smallest absolute Gasteiger partial charge is 0.261 e. The van der Waals surface area contributed by atoms with Crippen molar-refractivity contribution in [3.8, 4) is 11.4 Å². The number of hydrogen-bond acceptors (Lipinski definition) is 6. The normalized spacial score (nSPS) is 14.2. The number of aryl methyl sites for hydroxylation is 2. The summed E-state index contributed by atoms with van der Waals surface area (Å²) in [6.07, 6.45) is 10.6. The Kier molecular flexibility index (Phi) is 6.64. The van der Waals surface area contributed by atoms with Crippen LogP contribution in [0.3, 0.4) is 0 Å². The molecule has 3 aromatic heterocycles. The van der Waals surface area contributed by atoms with Crippen molar-refractivity contribution in [2.75, 3.05) is 12.0 Å². The molecule has 2 N–H and O–H groups in total. The third kappa shape index (κ3) is 4.82. The van der Waals surface area contributed by atoms with Crippen LogP contribution in [-0.2, 0) is 12.8 Å². The molecule has 8 heteroatoms. The minimum absolute atomic E-state index is 0.0921. The van der Waals surface area contributed by atoms with Crippen LogP contribution in [-0.4, -0.2) is 32.9 Å². The zero-order chi connectivity index (χ0) is 20.9. The van der Waals surface area contributed by atoms with Gasteiger partial charge in [-0.1, -0.05) is 0 Å². The number of aromatic amines is 1. The summed E-state index contributed by atoms with van der Waals surface area (Å²) in [5.74, 6) is 1.22. The van der Waals surface area contributed by atoms with Crippen molar-refractivity contribution < 1.29 is 4.79 Å². The number of nitrogens with one attached hydrogen (secondary N) is 2. The molecule has 30 heavy (non-hydrogen) atoms. The van der Waals surface area contributed by atoms with Crippen molar-refractivity contribution in [1.82, 2.24) is 20.3 Å². The maximum Gasteiger partial charge on any atom is 0.261 e. The third-order valence-corrected chi connectivity index (χ3v) is 7.07. The number of amides is 1. The first-order valence-electron chi connectivity index (χ1n) is 10.1. The summed E-state index contributed by atoms with van der Waals surface area (Å²) < 4.78 is 0. The third-order valence-electron chi connectivity index (χ3n) is 5.19. The fourth-order valence-corrected chi connectivity index (χ4v) is 5.28. The number of hydrogen-bond donors (Lipinski definition) is 2. The molecule has 0 saturated heterocycles. The minimum Gasteiger partial charge on any atom is -0.343 e. The van der Waals surface area contributed by atoms with Gasteiger partial charge in [0.15, 0.2) is 0 Å². The Bertz CT molecular complexity index is 1050. The summed E-state index contributed by atoms with van der Waals surface area (Å²) >= 11 is 3.30. The zero-order valence-electron chi connectivity index (χ0n) is 16.8. The van der Waals surface area contributed by atoms with Crippen molar-refractivity contribution in [2.45, 2.75) is 38.1 Å². The molecule has 0 aromatic carbocycles. The highest BCUT2D eigenvalue weighted by Gasteiger charge is 2.22. The molecule has 1 aliphatic carbocycles. The first-order valence-corrected chi connectivity index (χ1v) is 12.3. The van der Waals surface area contributed by atoms with E-state index in [9.17, 15) is 9.59 Å². The molecule has 0 unspecified atom stereocenters. The average molecular weight is 441 g/mol. The predicted molar refractivity (Wildman–Crippen MR) is 122 cm³/mol. The van der Waals surface area contributed by atoms with E-state index in [1.807, 2.05) is 18.4 Å². The molecule has 0 fully saturated rings. The van der Waals surface area contributed by atoms with E-state index in [0.717, 1.165) is 29.0 Å². The van der Waals surface area contributed by atoms with Gasteiger partial charge >= 0.3 is 0 Å². The number of aromatic nitrogens is 3. The summed E-state index contributed by atoms with van der Waals surface area (Å²) in [6, 6.07) is 6.83. The SMILES string of the molecule is CSCC[C@H](NC(=O)c1cc2c(s1)CCCC2)c1cc(=O)[nH]c(-c2cccnc2)n1. The number of pyridine rings is 1. The van der Waals surface area contributed by atoms with Crippen molar-refractivity contribution in [3.05, 3.63) is 68.0 Å². The van der Waals surface area contributed by atoms with Gasteiger partial charge in [0.1, 0.15) is 5.82 Å². The molecule has 6 nitrogen and oxygen atoms in total. The fraction of sp³-hybridized carbons (Fsp3) is 0.364. The van der Waals surface area contributed by atoms with Gasteiger partial charge in [-0.15, -0.1) is 11.3 Å². The van der Waals surface area contributed by atoms with E-state index < -0.39 is 0 Å². The number of thioether (sulfide) groups is 1. The Morgan fingerprint density at radius 1 is 1.33 bits per heavy atom. The van der Waals surface area contributed by atoms with Gasteiger partial charge in [-0.3, -0.25) is 14.6 Å². The van der Waals surface area contributed by atoms with Gasteiger partial charge in [0.2, 0.25) is 0 Å². The second-order valence-electron chi connectivity index (χ2n) is 7.33. The average Bonchev–Trinajstić information content (AvgIpc) is 3.21. The lowest BCUT2D eigenvalue weighted by Gasteiger charge is -2.18. The molecule has 3 aromatic rings. The number of carbonyl (C=O) groups is 1. The summed E-state index contributed by atoms with van der Waals surface area (Å²) in [5, 5.41) is 3.13. The molecule has 0 saturated carbocycles. The molecular formula is C22H24N4O2S2. The monoisotopic (exact) mass is 440 g/mol. The maximum absolute atomic E-state index is 13.0. The Balaban J connectivity index is 1.61. The highest BCUT2D eigenvalue weighted by molar-refractivity contribution is 7.98. The molecule has 0 aliphatic heterocycles. The first-order chi connectivity index (χ1) is 14.6. The van der Waals surface area contributed by atoms with Crippen molar-refractivity contribution in [1.29, 1.82) is 0 Å². The molecule has 1 aliphatic rings. The van der Waals surface area contributed by atoms with Gasteiger partial charge in [0, 0.05) is 28.9 Å². The van der Waals surface area contributed by atoms with Crippen molar-refractivity contribution in [2.24, 2.45) is 0 Å². The number of H-pyrrole nitrogens is 1. The Morgan fingerprint density at radius 2 is 2.20 bits per heavy atom. The summed E-state index contributed by atoms with van der Waals surface area (Å²) in [7, 11) is 0. The van der Waals surface area contributed by atoms with Gasteiger partial charge in [-0.25, -0.2) is 4.98 Å². The molecule has 0 radical (unpaired) electrons. The zero-order valence-corrected chi connectivity index (χ0v) is 18.4. The van der Waals surface area contributed by atoms with Gasteiger partial charge < -0.3 is 10.3 Å². The van der Waals surface area contributed by atoms with E-state index >= 15 is 0 Å². The van der Waals surface area contributed by atoms with Crippen LogP contribution in [0.25, 0.3) is 11.4 Å². The fourth-order valence-electron chi connectivity index (χ4n) is 3.66. The predicted octanol–water partition coefficient (Wildman–Crippen LogP) is 4.00. The van der Waals surface area contributed by atoms with Crippen LogP contribution in [0.5, 0.6) is 0 Å². The summed E-state index contributed by atoms with van der Waals surface area (Å²) in [4.78, 5) is 38.9. The second-order valence-corrected chi connectivity index (χ2v) is 9.46. The second kappa shape index (κ2) is 9.57. The Morgan fingerprint density at radius 3 is 2.97 bits per heavy atom. The van der Waals surface area contributed by atoms with Crippen molar-refractivity contribution >= 4 is 29.0 Å². The van der Waals surface area contributed by atoms with E-state index in [4.69, 9.17) is 0 Å². The minimum atomic E-state index is -0.332. The number of thiophene rings is 1. The van der Waals surface area contributed by atoms with Crippen LogP contribution in [0.2, 0.25) is 0 Å². The topological polar surface area (TPSA) is 87.7 Å². The summed E-state index contributed by atoms with van der Waals surface area (Å²) in [5.41, 5.74) is 2.37. The standard InChI is InChI=1S/C22H24N4O2S2/c1-29-10-8-16(25-22(28)19-11-14-5-2-3-7-18(14)30-19)17-12-20(27)26-21(24-17)15-6-4-9-23-13-15/h4,6,9,11-13,16H,2-3,5,7-8,10H2,1H3,(H,25,28)(H,24,26,27)/t16-/m0/s1. The first kappa shape index (κ1) is 20.8. The van der Waals surface area contributed by atoms with E-state index in [1.165, 1.54) is 29.3 Å². The van der Waals surface area contributed by atoms with E-state index in [0.29, 0.717) is 17.9 Å². The molecule has 3 heterocycles. The molecule has 0 bridgehead atoms. The quantitative estimate of drug-likeness (QED) is 0.580. The van der Waals surface area contributed by atoms with Crippen LogP contribution < -0.4 is 10.9 Å². The maximum atomic E-state index is 13.0. The highest BCUT2D eigenvalue weighted by Crippen LogP contribution is 2.30. The number of nitrogens with zero attached hydrogens (tertiary/aromatic N) is 2. The van der Waals surface area contributed by atoms with Gasteiger partial charge in [0.05, 0.1) is 16.6 Å². The van der Waals surface area contributed by atoms with E-state index in [1.54, 1.807) is 41.6 Å². The number of fused-ring (bicyclic) bond motifs is 1. The van der Waals surface area contributed by atoms with Crippen LogP contribution in [0.4, 0.5) is 0 Å². The molecule has 4 rings (SSSR count). The molecule has 156 valence electrons. The van der Waals surface area contributed by atoms with Gasteiger partial charge in [-0.05, 0) is 67.9 Å². The number of carbonyl (C=O) groups excluding carboxylic acids is 1. The Labute approximate surface area is 183 Å². The van der Waals surface area contributed by atoms with Crippen LogP contribution in [0.15, 0.2) is 41.5 Å². The summed E-state index contributed by atoms with van der Waals surface area (Å²) in [6.45, 7) is 0. The Hall–Kier alpha value is -2.45. The largest absolute Gasteiger partial charge is 0.343 e. The lowest BCUT2D eigenvalue weighted by molar-refractivity contribution is 0.0939. The van der Waals surface area contributed by atoms with E-state index in [2.05, 4.69) is 20.3 Å². The molecule has 1 atom stereocenters. The van der Waals surface area contributed by atoms with Crippen LogP contribution in [0, 0.1) is 0 Å². The lowest BCUT2D eigenvalue weighted by Crippen LogP contribution is -2.30. The number of rotatable bonds is 7. The molecule has 1 amide bonds. The van der Waals surface area contributed by atoms with Crippen molar-refractivity contribution in [3.63, 3.8) is 0 Å². The van der Waals surface area contributed by atoms with Gasteiger partial charge in [0.25, 0.3) is 11.5 Å².